The highest BCUT2D eigenvalue weighted by molar-refractivity contribution is 6.04. The van der Waals surface area contributed by atoms with Gasteiger partial charge in [0.25, 0.3) is 5.91 Å². The Labute approximate surface area is 163 Å². The predicted molar refractivity (Wildman–Crippen MR) is 109 cm³/mol. The van der Waals surface area contributed by atoms with E-state index in [1.807, 2.05) is 84.9 Å². The van der Waals surface area contributed by atoms with Crippen LogP contribution in [0.1, 0.15) is 15.9 Å². The molecule has 0 aliphatic rings. The van der Waals surface area contributed by atoms with Crippen LogP contribution < -0.4 is 10.1 Å². The SMILES string of the molecule is O=C(Nc1ccccc1Oc1ccccc1)c1cnn(Cc2ccccc2)c1. The van der Waals surface area contributed by atoms with E-state index in [1.54, 1.807) is 17.1 Å². The molecule has 0 saturated carbocycles. The van der Waals surface area contributed by atoms with Crippen LogP contribution in [-0.2, 0) is 6.54 Å². The number of anilines is 1. The van der Waals surface area contributed by atoms with Crippen LogP contribution in [0.25, 0.3) is 0 Å². The van der Waals surface area contributed by atoms with E-state index in [1.165, 1.54) is 0 Å². The van der Waals surface area contributed by atoms with Crippen LogP contribution in [0, 0.1) is 0 Å². The van der Waals surface area contributed by atoms with Crippen molar-refractivity contribution in [2.45, 2.75) is 6.54 Å². The summed E-state index contributed by atoms with van der Waals surface area (Å²) >= 11 is 0. The molecule has 5 heteroatoms. The molecule has 28 heavy (non-hydrogen) atoms. The van der Waals surface area contributed by atoms with Gasteiger partial charge in [0, 0.05) is 6.20 Å². The van der Waals surface area contributed by atoms with Gasteiger partial charge in [-0.1, -0.05) is 60.7 Å². The van der Waals surface area contributed by atoms with Crippen molar-refractivity contribution in [2.24, 2.45) is 0 Å². The fourth-order valence-corrected chi connectivity index (χ4v) is 2.81. The first kappa shape index (κ1) is 17.5. The number of nitrogens with zero attached hydrogens (tertiary/aromatic N) is 2. The summed E-state index contributed by atoms with van der Waals surface area (Å²) in [5.74, 6) is 1.06. The van der Waals surface area contributed by atoms with E-state index in [0.29, 0.717) is 29.3 Å². The molecule has 0 aliphatic heterocycles. The van der Waals surface area contributed by atoms with E-state index in [-0.39, 0.29) is 5.91 Å². The third-order valence-electron chi connectivity index (χ3n) is 4.19. The molecule has 1 aromatic heterocycles. The lowest BCUT2D eigenvalue weighted by Crippen LogP contribution is -2.12. The first-order chi connectivity index (χ1) is 13.8. The first-order valence-corrected chi connectivity index (χ1v) is 8.97. The minimum absolute atomic E-state index is 0.233. The molecule has 0 bridgehead atoms. The van der Waals surface area contributed by atoms with Gasteiger partial charge >= 0.3 is 0 Å². The number of carbonyl (C=O) groups excluding carboxylic acids is 1. The highest BCUT2D eigenvalue weighted by Crippen LogP contribution is 2.29. The molecule has 3 aromatic carbocycles. The predicted octanol–water partition coefficient (Wildman–Crippen LogP) is 4.98. The highest BCUT2D eigenvalue weighted by atomic mass is 16.5. The van der Waals surface area contributed by atoms with Gasteiger partial charge in [0.05, 0.1) is 24.0 Å². The van der Waals surface area contributed by atoms with Gasteiger partial charge in [-0.05, 0) is 29.8 Å². The van der Waals surface area contributed by atoms with E-state index >= 15 is 0 Å². The van der Waals surface area contributed by atoms with Gasteiger partial charge in [-0.25, -0.2) is 0 Å². The maximum atomic E-state index is 12.7. The van der Waals surface area contributed by atoms with Crippen LogP contribution in [0.2, 0.25) is 0 Å². The number of rotatable bonds is 6. The quantitative estimate of drug-likeness (QED) is 0.522. The fraction of sp³-hybridized carbons (Fsp3) is 0.0435. The Balaban J connectivity index is 1.47. The Bertz CT molecular complexity index is 1060. The highest BCUT2D eigenvalue weighted by Gasteiger charge is 2.12. The molecular weight excluding hydrogens is 350 g/mol. The molecule has 0 aliphatic carbocycles. The summed E-state index contributed by atoms with van der Waals surface area (Å²) in [7, 11) is 0. The lowest BCUT2D eigenvalue weighted by Gasteiger charge is -2.11. The maximum Gasteiger partial charge on any atom is 0.258 e. The zero-order valence-electron chi connectivity index (χ0n) is 15.2. The lowest BCUT2D eigenvalue weighted by atomic mass is 10.2. The average Bonchev–Trinajstić information content (AvgIpc) is 3.20. The molecule has 0 fully saturated rings. The number of para-hydroxylation sites is 3. The van der Waals surface area contributed by atoms with E-state index < -0.39 is 0 Å². The van der Waals surface area contributed by atoms with Crippen LogP contribution in [0.3, 0.4) is 0 Å². The van der Waals surface area contributed by atoms with Crippen LogP contribution in [-0.4, -0.2) is 15.7 Å². The minimum Gasteiger partial charge on any atom is -0.455 e. The number of benzene rings is 3. The molecule has 4 rings (SSSR count). The molecule has 1 amide bonds. The first-order valence-electron chi connectivity index (χ1n) is 8.97. The van der Waals surface area contributed by atoms with Crippen molar-refractivity contribution in [2.75, 3.05) is 5.32 Å². The minimum atomic E-state index is -0.233. The largest absolute Gasteiger partial charge is 0.455 e. The van der Waals surface area contributed by atoms with Crippen molar-refractivity contribution in [1.82, 2.24) is 9.78 Å². The molecule has 0 spiro atoms. The summed E-state index contributed by atoms with van der Waals surface area (Å²) in [5, 5.41) is 7.20. The normalized spacial score (nSPS) is 10.4. The Hall–Kier alpha value is -3.86. The van der Waals surface area contributed by atoms with Crippen molar-refractivity contribution >= 4 is 11.6 Å². The molecule has 1 N–H and O–H groups in total. The summed E-state index contributed by atoms with van der Waals surface area (Å²) in [4.78, 5) is 12.7. The number of hydrogen-bond acceptors (Lipinski definition) is 3. The van der Waals surface area contributed by atoms with Gasteiger partial charge < -0.3 is 10.1 Å². The van der Waals surface area contributed by atoms with Crippen molar-refractivity contribution in [3.8, 4) is 11.5 Å². The number of amides is 1. The van der Waals surface area contributed by atoms with Crippen LogP contribution >= 0.6 is 0 Å². The Morgan fingerprint density at radius 1 is 0.893 bits per heavy atom. The summed E-state index contributed by atoms with van der Waals surface area (Å²) in [5.41, 5.74) is 2.22. The third-order valence-corrected chi connectivity index (χ3v) is 4.19. The van der Waals surface area contributed by atoms with E-state index in [2.05, 4.69) is 10.4 Å². The molecular formula is C23H19N3O2. The van der Waals surface area contributed by atoms with E-state index in [0.717, 1.165) is 5.56 Å². The Morgan fingerprint density at radius 2 is 1.57 bits per heavy atom. The lowest BCUT2D eigenvalue weighted by molar-refractivity contribution is 0.102. The Kier molecular flexibility index (Phi) is 5.15. The van der Waals surface area contributed by atoms with Crippen molar-refractivity contribution in [3.63, 3.8) is 0 Å². The van der Waals surface area contributed by atoms with Crippen LogP contribution in [0.15, 0.2) is 97.3 Å². The third kappa shape index (κ3) is 4.27. The second-order valence-corrected chi connectivity index (χ2v) is 6.28. The molecule has 4 aromatic rings. The number of hydrogen-bond donors (Lipinski definition) is 1. The average molecular weight is 369 g/mol. The topological polar surface area (TPSA) is 56.1 Å². The molecule has 0 unspecified atom stereocenters. The Morgan fingerprint density at radius 3 is 2.36 bits per heavy atom. The van der Waals surface area contributed by atoms with Crippen LogP contribution in [0.4, 0.5) is 5.69 Å². The van der Waals surface area contributed by atoms with Gasteiger partial charge in [-0.3, -0.25) is 9.48 Å². The van der Waals surface area contributed by atoms with Gasteiger partial charge in [0.15, 0.2) is 5.75 Å². The zero-order chi connectivity index (χ0) is 19.2. The van der Waals surface area contributed by atoms with Crippen LogP contribution in [0.5, 0.6) is 11.5 Å². The number of carbonyl (C=O) groups is 1. The second kappa shape index (κ2) is 8.22. The van der Waals surface area contributed by atoms with E-state index in [4.69, 9.17) is 4.74 Å². The summed E-state index contributed by atoms with van der Waals surface area (Å²) in [6.45, 7) is 0.613. The number of nitrogens with one attached hydrogen (secondary N) is 1. The molecule has 138 valence electrons. The van der Waals surface area contributed by atoms with Gasteiger partial charge in [0.1, 0.15) is 5.75 Å². The summed E-state index contributed by atoms with van der Waals surface area (Å²) in [6.07, 6.45) is 3.31. The molecule has 1 heterocycles. The summed E-state index contributed by atoms with van der Waals surface area (Å²) < 4.78 is 7.64. The van der Waals surface area contributed by atoms with Gasteiger partial charge in [0.2, 0.25) is 0 Å². The number of ether oxygens (including phenoxy) is 1. The smallest absolute Gasteiger partial charge is 0.258 e. The standard InChI is InChI=1S/C23H19N3O2/c27-23(19-15-24-26(17-19)16-18-9-3-1-4-10-18)25-21-13-7-8-14-22(21)28-20-11-5-2-6-12-20/h1-15,17H,16H2,(H,25,27). The zero-order valence-corrected chi connectivity index (χ0v) is 15.2. The molecule has 0 saturated heterocycles. The summed E-state index contributed by atoms with van der Waals surface area (Å²) in [6, 6.07) is 26.8. The molecule has 0 radical (unpaired) electrons. The number of aromatic nitrogens is 2. The molecule has 0 atom stereocenters. The monoisotopic (exact) mass is 369 g/mol. The van der Waals surface area contributed by atoms with Crippen molar-refractivity contribution < 1.29 is 9.53 Å². The van der Waals surface area contributed by atoms with Gasteiger partial charge in [-0.2, -0.15) is 5.10 Å². The molecule has 5 nitrogen and oxygen atoms in total. The van der Waals surface area contributed by atoms with Crippen molar-refractivity contribution in [3.05, 3.63) is 108 Å². The van der Waals surface area contributed by atoms with Crippen molar-refractivity contribution in [1.29, 1.82) is 0 Å². The second-order valence-electron chi connectivity index (χ2n) is 6.28. The van der Waals surface area contributed by atoms with E-state index in [9.17, 15) is 4.79 Å². The maximum absolute atomic E-state index is 12.7. The fourth-order valence-electron chi connectivity index (χ4n) is 2.81. The van der Waals surface area contributed by atoms with Gasteiger partial charge in [-0.15, -0.1) is 0 Å².